The lowest BCUT2D eigenvalue weighted by Gasteiger charge is -2.32. The van der Waals surface area contributed by atoms with Gasteiger partial charge in [-0.15, -0.1) is 0 Å². The van der Waals surface area contributed by atoms with Crippen molar-refractivity contribution in [3.8, 4) is 0 Å². The number of amides is 1. The molecular formula is C18H17ClNO3S2-. The molecule has 0 unspecified atom stereocenters. The van der Waals surface area contributed by atoms with Crippen molar-refractivity contribution < 1.29 is 14.7 Å². The largest absolute Gasteiger partial charge is 0.548 e. The van der Waals surface area contributed by atoms with Crippen molar-refractivity contribution in [3.63, 3.8) is 0 Å². The number of carbonyl (C=O) groups excluding carboxylic acids is 2. The lowest BCUT2D eigenvalue weighted by atomic mass is 9.98. The summed E-state index contributed by atoms with van der Waals surface area (Å²) in [6.07, 6.45) is 3.82. The highest BCUT2D eigenvalue weighted by Gasteiger charge is 2.39. The van der Waals surface area contributed by atoms with Crippen molar-refractivity contribution in [3.05, 3.63) is 51.9 Å². The van der Waals surface area contributed by atoms with E-state index in [2.05, 4.69) is 0 Å². The molecule has 7 heteroatoms. The molecule has 4 nitrogen and oxygen atoms in total. The molecule has 0 aliphatic carbocycles. The number of thioether (sulfide) groups is 1. The summed E-state index contributed by atoms with van der Waals surface area (Å²) in [5.41, 5.74) is 0.895. The number of thiocarbonyl (C=S) groups is 1. The van der Waals surface area contributed by atoms with Gasteiger partial charge in [-0.2, -0.15) is 0 Å². The second-order valence-electron chi connectivity index (χ2n) is 5.64. The van der Waals surface area contributed by atoms with Crippen LogP contribution in [0.3, 0.4) is 0 Å². The van der Waals surface area contributed by atoms with Gasteiger partial charge in [-0.1, -0.05) is 86.2 Å². The maximum absolute atomic E-state index is 12.6. The summed E-state index contributed by atoms with van der Waals surface area (Å²) in [6.45, 7) is 3.61. The Morgan fingerprint density at radius 1 is 1.40 bits per heavy atom. The summed E-state index contributed by atoms with van der Waals surface area (Å²) >= 11 is 12.5. The Morgan fingerprint density at radius 3 is 2.60 bits per heavy atom. The Bertz CT molecular complexity index is 746. The molecule has 132 valence electrons. The fourth-order valence-corrected chi connectivity index (χ4v) is 4.03. The molecule has 25 heavy (non-hydrogen) atoms. The SMILES string of the molecule is CC[C@@H](C)[C@@H](C(=O)[O-])N1C(=O)/C(=C/C(Cl)=C/c2ccccc2)SC1=S. The molecule has 1 amide bonds. The number of allylic oxidation sites excluding steroid dienone is 2. The van der Waals surface area contributed by atoms with Crippen LogP contribution in [0, 0.1) is 5.92 Å². The standard InChI is InChI=1S/C18H18ClNO3S2/c1-3-11(2)15(17(22)23)20-16(21)14(25-18(20)24)10-13(19)9-12-7-5-4-6-8-12/h4-11,15H,3H2,1-2H3,(H,22,23)/p-1/b13-9-,14-10-/t11-,15+/m1/s1. The fourth-order valence-electron chi connectivity index (χ4n) is 2.41. The van der Waals surface area contributed by atoms with Gasteiger partial charge in [0.2, 0.25) is 0 Å². The van der Waals surface area contributed by atoms with Crippen LogP contribution in [0.25, 0.3) is 6.08 Å². The van der Waals surface area contributed by atoms with Crippen molar-refractivity contribution in [1.82, 2.24) is 4.90 Å². The Morgan fingerprint density at radius 2 is 2.04 bits per heavy atom. The highest BCUT2D eigenvalue weighted by molar-refractivity contribution is 8.26. The molecule has 0 saturated carbocycles. The van der Waals surface area contributed by atoms with Gasteiger partial charge in [0, 0.05) is 5.03 Å². The van der Waals surface area contributed by atoms with E-state index in [0.717, 1.165) is 22.2 Å². The third-order valence-electron chi connectivity index (χ3n) is 3.90. The first kappa shape index (κ1) is 19.7. The number of hydrogen-bond acceptors (Lipinski definition) is 5. The van der Waals surface area contributed by atoms with Crippen LogP contribution in [0.1, 0.15) is 25.8 Å². The number of aliphatic carboxylic acids is 1. The molecule has 1 aromatic carbocycles. The number of nitrogens with zero attached hydrogens (tertiary/aromatic N) is 1. The summed E-state index contributed by atoms with van der Waals surface area (Å²) in [5, 5.41) is 11.9. The number of carboxylic acids is 1. The van der Waals surface area contributed by atoms with Gasteiger partial charge in [0.1, 0.15) is 4.32 Å². The van der Waals surface area contributed by atoms with E-state index >= 15 is 0 Å². The van der Waals surface area contributed by atoms with Crippen molar-refractivity contribution in [1.29, 1.82) is 0 Å². The van der Waals surface area contributed by atoms with E-state index in [4.69, 9.17) is 23.8 Å². The molecule has 1 saturated heterocycles. The van der Waals surface area contributed by atoms with Gasteiger partial charge < -0.3 is 9.90 Å². The van der Waals surface area contributed by atoms with Gasteiger partial charge in [0.15, 0.2) is 0 Å². The molecule has 0 aromatic heterocycles. The topological polar surface area (TPSA) is 60.4 Å². The van der Waals surface area contributed by atoms with Crippen LogP contribution in [0.4, 0.5) is 0 Å². The lowest BCUT2D eigenvalue weighted by Crippen LogP contribution is -2.53. The number of hydrogen-bond donors (Lipinski definition) is 0. The second kappa shape index (κ2) is 8.65. The molecule has 1 aromatic rings. The van der Waals surface area contributed by atoms with E-state index < -0.39 is 17.9 Å². The van der Waals surface area contributed by atoms with Gasteiger partial charge in [-0.25, -0.2) is 0 Å². The number of benzene rings is 1. The monoisotopic (exact) mass is 394 g/mol. The smallest absolute Gasteiger partial charge is 0.266 e. The second-order valence-corrected chi connectivity index (χ2v) is 7.75. The number of halogens is 1. The summed E-state index contributed by atoms with van der Waals surface area (Å²) in [6, 6.07) is 8.34. The minimum Gasteiger partial charge on any atom is -0.548 e. The summed E-state index contributed by atoms with van der Waals surface area (Å²) in [4.78, 5) is 25.6. The molecule has 2 rings (SSSR count). The third-order valence-corrected chi connectivity index (χ3v) is 5.45. The van der Waals surface area contributed by atoms with E-state index in [1.165, 1.54) is 6.08 Å². The molecular weight excluding hydrogens is 378 g/mol. The molecule has 1 fully saturated rings. The normalized spacial score (nSPS) is 19.4. The Balaban J connectivity index is 2.28. The van der Waals surface area contributed by atoms with Crippen LogP contribution in [-0.4, -0.2) is 27.1 Å². The Kier molecular flexibility index (Phi) is 6.81. The molecule has 2 atom stereocenters. The first-order valence-electron chi connectivity index (χ1n) is 7.75. The quantitative estimate of drug-likeness (QED) is 0.547. The average molecular weight is 395 g/mol. The van der Waals surface area contributed by atoms with E-state index in [-0.39, 0.29) is 10.2 Å². The van der Waals surface area contributed by atoms with Gasteiger partial charge in [0.25, 0.3) is 5.91 Å². The summed E-state index contributed by atoms with van der Waals surface area (Å²) in [7, 11) is 0. The van der Waals surface area contributed by atoms with E-state index in [1.54, 1.807) is 13.0 Å². The van der Waals surface area contributed by atoms with Crippen molar-refractivity contribution in [2.75, 3.05) is 0 Å². The highest BCUT2D eigenvalue weighted by atomic mass is 35.5. The summed E-state index contributed by atoms with van der Waals surface area (Å²) < 4.78 is 0.204. The number of rotatable bonds is 6. The predicted molar refractivity (Wildman–Crippen MR) is 104 cm³/mol. The zero-order valence-electron chi connectivity index (χ0n) is 13.8. The number of carbonyl (C=O) groups is 2. The van der Waals surface area contributed by atoms with Crippen molar-refractivity contribution in [2.45, 2.75) is 26.3 Å². The highest BCUT2D eigenvalue weighted by Crippen LogP contribution is 2.35. The minimum atomic E-state index is -1.31. The van der Waals surface area contributed by atoms with Crippen LogP contribution in [0.5, 0.6) is 0 Å². The van der Waals surface area contributed by atoms with E-state index in [1.807, 2.05) is 37.3 Å². The van der Waals surface area contributed by atoms with Gasteiger partial charge >= 0.3 is 0 Å². The molecule has 0 radical (unpaired) electrons. The van der Waals surface area contributed by atoms with E-state index in [9.17, 15) is 14.7 Å². The molecule has 1 aliphatic rings. The van der Waals surface area contributed by atoms with Crippen LogP contribution in [0.15, 0.2) is 46.3 Å². The Labute approximate surface area is 161 Å². The zero-order valence-corrected chi connectivity index (χ0v) is 16.2. The van der Waals surface area contributed by atoms with Crippen LogP contribution >= 0.6 is 35.6 Å². The molecule has 1 heterocycles. The van der Waals surface area contributed by atoms with Crippen LogP contribution in [0.2, 0.25) is 0 Å². The van der Waals surface area contributed by atoms with Crippen LogP contribution < -0.4 is 5.11 Å². The maximum Gasteiger partial charge on any atom is 0.266 e. The minimum absolute atomic E-state index is 0.204. The third kappa shape index (κ3) is 4.71. The zero-order chi connectivity index (χ0) is 18.6. The summed E-state index contributed by atoms with van der Waals surface area (Å²) in [5.74, 6) is -2.04. The predicted octanol–water partition coefficient (Wildman–Crippen LogP) is 3.18. The van der Waals surface area contributed by atoms with Gasteiger partial charge in [-0.05, 0) is 23.6 Å². The van der Waals surface area contributed by atoms with Crippen molar-refractivity contribution >= 4 is 57.9 Å². The number of carboxylic acid groups (broad SMARTS) is 1. The molecule has 0 spiro atoms. The van der Waals surface area contributed by atoms with Gasteiger partial charge in [0.05, 0.1) is 16.9 Å². The average Bonchev–Trinajstić information content (AvgIpc) is 2.83. The van der Waals surface area contributed by atoms with Gasteiger partial charge in [-0.3, -0.25) is 9.69 Å². The lowest BCUT2D eigenvalue weighted by molar-refractivity contribution is -0.311. The van der Waals surface area contributed by atoms with E-state index in [0.29, 0.717) is 16.4 Å². The Hall–Kier alpha value is -1.63. The van der Waals surface area contributed by atoms with Crippen LogP contribution in [-0.2, 0) is 9.59 Å². The first-order chi connectivity index (χ1) is 11.8. The molecule has 0 bridgehead atoms. The fraction of sp³-hybridized carbons (Fsp3) is 0.278. The maximum atomic E-state index is 12.6. The first-order valence-corrected chi connectivity index (χ1v) is 9.35. The molecule has 1 aliphatic heterocycles. The van der Waals surface area contributed by atoms with Crippen molar-refractivity contribution in [2.24, 2.45) is 5.92 Å². The molecule has 0 N–H and O–H groups in total.